The van der Waals surface area contributed by atoms with Gasteiger partial charge in [-0.05, 0) is 61.7 Å². The third-order valence-electron chi connectivity index (χ3n) is 6.26. The number of carbonyl (C=O) groups is 1. The fourth-order valence-electron chi connectivity index (χ4n) is 4.46. The molecule has 3 aromatic rings. The molecule has 0 saturated carbocycles. The van der Waals surface area contributed by atoms with E-state index in [1.54, 1.807) is 50.2 Å². The van der Waals surface area contributed by atoms with Crippen LogP contribution in [-0.4, -0.2) is 54.9 Å². The number of nitrogens with one attached hydrogen (secondary N) is 1. The topological polar surface area (TPSA) is 103 Å². The number of benzene rings is 2. The first kappa shape index (κ1) is 24.0. The highest BCUT2D eigenvalue weighted by Gasteiger charge is 2.26. The van der Waals surface area contributed by atoms with Crippen molar-refractivity contribution in [3.8, 4) is 5.88 Å². The van der Waals surface area contributed by atoms with Gasteiger partial charge in [-0.15, -0.1) is 0 Å². The normalized spacial score (nSPS) is 14.2. The van der Waals surface area contributed by atoms with E-state index in [0.717, 1.165) is 42.6 Å². The minimum atomic E-state index is -3.71. The smallest absolute Gasteiger partial charge is 0.257 e. The van der Waals surface area contributed by atoms with Crippen molar-refractivity contribution in [2.24, 2.45) is 0 Å². The van der Waals surface area contributed by atoms with E-state index in [2.05, 4.69) is 15.2 Å². The van der Waals surface area contributed by atoms with Gasteiger partial charge in [-0.1, -0.05) is 13.8 Å². The Morgan fingerprint density at radius 1 is 1.09 bits per heavy atom. The number of aryl methyl sites for hydroxylation is 1. The molecule has 9 heteroatoms. The number of hydrogen-bond acceptors (Lipinski definition) is 6. The van der Waals surface area contributed by atoms with E-state index in [4.69, 9.17) is 0 Å². The number of rotatable bonds is 7. The number of sulfonamides is 1. The van der Waals surface area contributed by atoms with Crippen LogP contribution in [0.1, 0.15) is 42.6 Å². The fraction of sp³-hybridized carbons (Fsp3) is 0.360. The molecular formula is C25H30N4O4S. The molecule has 0 bridgehead atoms. The minimum absolute atomic E-state index is 0.0525. The van der Waals surface area contributed by atoms with Crippen LogP contribution in [0.5, 0.6) is 5.88 Å². The van der Waals surface area contributed by atoms with E-state index in [0.29, 0.717) is 29.9 Å². The van der Waals surface area contributed by atoms with Gasteiger partial charge in [0.05, 0.1) is 16.0 Å². The Balaban J connectivity index is 1.73. The Labute approximate surface area is 200 Å². The number of aromatic hydroxyl groups is 1. The highest BCUT2D eigenvalue weighted by molar-refractivity contribution is 7.89. The van der Waals surface area contributed by atoms with Crippen molar-refractivity contribution in [1.29, 1.82) is 0 Å². The number of nitrogens with zero attached hydrogens (tertiary/aromatic N) is 3. The molecule has 0 atom stereocenters. The molecule has 1 aromatic heterocycles. The zero-order chi connectivity index (χ0) is 24.5. The standard InChI is InChI=1S/C25H30N4O4S/c1-4-29(5-2)34(32,33)19-9-11-23(28-12-6-7-13-28)21(16-19)25(31)26-18-8-10-22-20(15-18)17(3)14-24(30)27-22/h8-11,14-16H,4-7,12-13H2,1-3H3,(H,26,31)(H,27,30). The largest absolute Gasteiger partial charge is 0.493 e. The van der Waals surface area contributed by atoms with E-state index in [9.17, 15) is 18.3 Å². The summed E-state index contributed by atoms with van der Waals surface area (Å²) in [5.41, 5.74) is 3.09. The van der Waals surface area contributed by atoms with E-state index in [1.807, 2.05) is 6.92 Å². The van der Waals surface area contributed by atoms with Crippen LogP contribution in [0.4, 0.5) is 11.4 Å². The lowest BCUT2D eigenvalue weighted by Crippen LogP contribution is -2.31. The van der Waals surface area contributed by atoms with Gasteiger partial charge in [0.15, 0.2) is 0 Å². The maximum atomic E-state index is 13.5. The molecule has 1 saturated heterocycles. The van der Waals surface area contributed by atoms with Crippen LogP contribution in [0.25, 0.3) is 10.9 Å². The predicted molar refractivity (Wildman–Crippen MR) is 134 cm³/mol. The third kappa shape index (κ3) is 4.58. The third-order valence-corrected chi connectivity index (χ3v) is 8.31. The first-order valence-electron chi connectivity index (χ1n) is 11.6. The van der Waals surface area contributed by atoms with Crippen LogP contribution in [-0.2, 0) is 10.0 Å². The van der Waals surface area contributed by atoms with Gasteiger partial charge in [0, 0.05) is 49.0 Å². The summed E-state index contributed by atoms with van der Waals surface area (Å²) in [6, 6.07) is 11.7. The lowest BCUT2D eigenvalue weighted by molar-refractivity contribution is 0.102. The van der Waals surface area contributed by atoms with Crippen molar-refractivity contribution in [2.75, 3.05) is 36.4 Å². The van der Waals surface area contributed by atoms with Crippen molar-refractivity contribution in [3.05, 3.63) is 53.6 Å². The number of anilines is 2. The van der Waals surface area contributed by atoms with Gasteiger partial charge in [0.25, 0.3) is 5.91 Å². The first-order valence-corrected chi connectivity index (χ1v) is 13.0. The van der Waals surface area contributed by atoms with Crippen molar-refractivity contribution >= 4 is 38.2 Å². The van der Waals surface area contributed by atoms with Crippen LogP contribution in [0.15, 0.2) is 47.4 Å². The zero-order valence-corrected chi connectivity index (χ0v) is 20.5. The molecule has 2 N–H and O–H groups in total. The molecule has 2 heterocycles. The van der Waals surface area contributed by atoms with Gasteiger partial charge >= 0.3 is 0 Å². The SMILES string of the molecule is CCN(CC)S(=O)(=O)c1ccc(N2CCCC2)c(C(=O)Nc2ccc3nc(O)cc(C)c3c2)c1. The summed E-state index contributed by atoms with van der Waals surface area (Å²) >= 11 is 0. The van der Waals surface area contributed by atoms with Crippen LogP contribution in [0.3, 0.4) is 0 Å². The van der Waals surface area contributed by atoms with E-state index < -0.39 is 10.0 Å². The summed E-state index contributed by atoms with van der Waals surface area (Å²) < 4.78 is 27.6. The number of amides is 1. The van der Waals surface area contributed by atoms with Gasteiger partial charge in [-0.3, -0.25) is 4.79 Å². The summed E-state index contributed by atoms with van der Waals surface area (Å²) in [6.45, 7) is 7.82. The molecule has 0 unspecified atom stereocenters. The molecular weight excluding hydrogens is 452 g/mol. The molecule has 34 heavy (non-hydrogen) atoms. The molecule has 0 aliphatic carbocycles. The second-order valence-electron chi connectivity index (χ2n) is 8.45. The summed E-state index contributed by atoms with van der Waals surface area (Å²) in [5, 5.41) is 13.5. The number of aromatic nitrogens is 1. The number of pyridine rings is 1. The van der Waals surface area contributed by atoms with Crippen molar-refractivity contribution in [3.63, 3.8) is 0 Å². The van der Waals surface area contributed by atoms with E-state index in [-0.39, 0.29) is 16.7 Å². The van der Waals surface area contributed by atoms with Gasteiger partial charge in [-0.25, -0.2) is 13.4 Å². The second-order valence-corrected chi connectivity index (χ2v) is 10.4. The Hall–Kier alpha value is -3.17. The summed E-state index contributed by atoms with van der Waals surface area (Å²) in [5.74, 6) is -0.425. The molecule has 8 nitrogen and oxygen atoms in total. The number of fused-ring (bicyclic) bond motifs is 1. The van der Waals surface area contributed by atoms with Gasteiger partial charge in [0.1, 0.15) is 0 Å². The molecule has 4 rings (SSSR count). The fourth-order valence-corrected chi connectivity index (χ4v) is 5.94. The molecule has 0 spiro atoms. The van der Waals surface area contributed by atoms with Crippen molar-refractivity contribution in [1.82, 2.24) is 9.29 Å². The highest BCUT2D eigenvalue weighted by atomic mass is 32.2. The monoisotopic (exact) mass is 482 g/mol. The van der Waals surface area contributed by atoms with Crippen LogP contribution < -0.4 is 10.2 Å². The van der Waals surface area contributed by atoms with Crippen LogP contribution in [0.2, 0.25) is 0 Å². The molecule has 1 amide bonds. The Morgan fingerprint density at radius 3 is 2.47 bits per heavy atom. The first-order chi connectivity index (χ1) is 16.2. The summed E-state index contributed by atoms with van der Waals surface area (Å²) in [7, 11) is -3.71. The second kappa shape index (κ2) is 9.60. The van der Waals surface area contributed by atoms with Gasteiger partial charge < -0.3 is 15.3 Å². The highest BCUT2D eigenvalue weighted by Crippen LogP contribution is 2.30. The van der Waals surface area contributed by atoms with E-state index >= 15 is 0 Å². The average Bonchev–Trinajstić information content (AvgIpc) is 3.34. The van der Waals surface area contributed by atoms with E-state index in [1.165, 1.54) is 10.4 Å². The number of hydrogen-bond donors (Lipinski definition) is 2. The molecule has 0 radical (unpaired) electrons. The quantitative estimate of drug-likeness (QED) is 0.525. The maximum Gasteiger partial charge on any atom is 0.257 e. The van der Waals surface area contributed by atoms with Crippen LogP contribution >= 0.6 is 0 Å². The molecule has 1 aliphatic heterocycles. The molecule has 1 aliphatic rings. The van der Waals surface area contributed by atoms with Crippen LogP contribution in [0, 0.1) is 6.92 Å². The van der Waals surface area contributed by atoms with Gasteiger partial charge in [-0.2, -0.15) is 4.31 Å². The Morgan fingerprint density at radius 2 is 1.79 bits per heavy atom. The maximum absolute atomic E-state index is 13.5. The Kier molecular flexibility index (Phi) is 6.77. The minimum Gasteiger partial charge on any atom is -0.493 e. The van der Waals surface area contributed by atoms with Gasteiger partial charge in [0.2, 0.25) is 15.9 Å². The Bertz CT molecular complexity index is 1330. The van der Waals surface area contributed by atoms with Crippen molar-refractivity contribution < 1.29 is 18.3 Å². The predicted octanol–water partition coefficient (Wildman–Crippen LogP) is 4.13. The summed E-state index contributed by atoms with van der Waals surface area (Å²) in [4.78, 5) is 19.8. The molecule has 1 fully saturated rings. The molecule has 2 aromatic carbocycles. The lowest BCUT2D eigenvalue weighted by atomic mass is 10.1. The molecule has 180 valence electrons. The van der Waals surface area contributed by atoms with Crippen molar-refractivity contribution in [2.45, 2.75) is 38.5 Å². The average molecular weight is 483 g/mol. The summed E-state index contributed by atoms with van der Waals surface area (Å²) in [6.07, 6.45) is 2.06. The zero-order valence-electron chi connectivity index (χ0n) is 19.7. The lowest BCUT2D eigenvalue weighted by Gasteiger charge is -2.23. The number of carbonyl (C=O) groups excluding carboxylic acids is 1.